The second-order valence-electron chi connectivity index (χ2n) is 7.82. The largest absolute Gasteiger partial charge is 0.497 e. The van der Waals surface area contributed by atoms with E-state index in [-0.39, 0.29) is 17.0 Å². The van der Waals surface area contributed by atoms with E-state index < -0.39 is 23.4 Å². The van der Waals surface area contributed by atoms with Crippen LogP contribution in [-0.4, -0.2) is 26.0 Å². The third-order valence-corrected chi connectivity index (χ3v) is 5.66. The summed E-state index contributed by atoms with van der Waals surface area (Å²) in [5, 5.41) is 3.02. The Hall–Kier alpha value is -4.20. The van der Waals surface area contributed by atoms with E-state index in [1.807, 2.05) is 19.9 Å². The van der Waals surface area contributed by atoms with Crippen LogP contribution in [0.1, 0.15) is 16.7 Å². The molecule has 0 saturated heterocycles. The number of rotatable bonds is 6. The highest BCUT2D eigenvalue weighted by Gasteiger charge is 2.40. The van der Waals surface area contributed by atoms with Crippen molar-refractivity contribution in [2.75, 3.05) is 24.4 Å². The first kappa shape index (κ1) is 23.0. The summed E-state index contributed by atoms with van der Waals surface area (Å²) < 4.78 is 38.0. The Balaban J connectivity index is 1.86. The normalized spacial score (nSPS) is 13.5. The Labute approximate surface area is 195 Å². The zero-order valence-corrected chi connectivity index (χ0v) is 19.0. The highest BCUT2D eigenvalue weighted by Crippen LogP contribution is 2.36. The molecule has 1 N–H and O–H groups in total. The van der Waals surface area contributed by atoms with E-state index in [4.69, 9.17) is 9.47 Å². The number of amides is 2. The summed E-state index contributed by atoms with van der Waals surface area (Å²) in [7, 11) is 2.99. The molecule has 0 atom stereocenters. The molecule has 0 aliphatic carbocycles. The van der Waals surface area contributed by atoms with Crippen LogP contribution in [0.2, 0.25) is 0 Å². The fraction of sp³-hybridized carbons (Fsp3) is 0.154. The molecule has 1 aliphatic heterocycles. The first-order valence-electron chi connectivity index (χ1n) is 10.4. The Morgan fingerprint density at radius 2 is 1.44 bits per heavy atom. The van der Waals surface area contributed by atoms with Gasteiger partial charge in [0.15, 0.2) is 11.6 Å². The van der Waals surface area contributed by atoms with Crippen molar-refractivity contribution in [3.05, 3.63) is 88.6 Å². The minimum atomic E-state index is -1.16. The summed E-state index contributed by atoms with van der Waals surface area (Å²) in [6.45, 7) is 3.83. The lowest BCUT2D eigenvalue weighted by atomic mass is 9.99. The number of anilines is 2. The van der Waals surface area contributed by atoms with Crippen molar-refractivity contribution >= 4 is 28.8 Å². The first-order valence-corrected chi connectivity index (χ1v) is 10.4. The lowest BCUT2D eigenvalue weighted by Crippen LogP contribution is -2.32. The molecule has 0 fully saturated rings. The SMILES string of the molecule is COc1cc(NC2=C(c3ccc(C)c(C)c3)C(=O)N(c3ccc(F)c(F)c3)C2=O)cc(OC)c1. The van der Waals surface area contributed by atoms with E-state index in [1.54, 1.807) is 30.3 Å². The fourth-order valence-corrected chi connectivity index (χ4v) is 3.69. The van der Waals surface area contributed by atoms with Gasteiger partial charge in [0.05, 0.1) is 25.5 Å². The fourth-order valence-electron chi connectivity index (χ4n) is 3.69. The van der Waals surface area contributed by atoms with Gasteiger partial charge in [-0.1, -0.05) is 18.2 Å². The van der Waals surface area contributed by atoms with Gasteiger partial charge in [-0.05, 0) is 42.7 Å². The molecule has 0 aromatic heterocycles. The van der Waals surface area contributed by atoms with E-state index >= 15 is 0 Å². The summed E-state index contributed by atoms with van der Waals surface area (Å²) in [6, 6.07) is 13.2. The van der Waals surface area contributed by atoms with Crippen molar-refractivity contribution in [2.24, 2.45) is 0 Å². The second kappa shape index (κ2) is 8.97. The maximum absolute atomic E-state index is 13.9. The van der Waals surface area contributed by atoms with Gasteiger partial charge in [-0.25, -0.2) is 13.7 Å². The number of nitrogens with one attached hydrogen (secondary N) is 1. The van der Waals surface area contributed by atoms with Gasteiger partial charge in [-0.2, -0.15) is 0 Å². The molecule has 0 radical (unpaired) electrons. The van der Waals surface area contributed by atoms with Gasteiger partial charge in [-0.15, -0.1) is 0 Å². The highest BCUT2D eigenvalue weighted by atomic mass is 19.2. The lowest BCUT2D eigenvalue weighted by molar-refractivity contribution is -0.120. The molecular weight excluding hydrogens is 442 g/mol. The number of benzene rings is 3. The molecule has 4 rings (SSSR count). The van der Waals surface area contributed by atoms with Crippen molar-refractivity contribution < 1.29 is 27.8 Å². The average Bonchev–Trinajstić information content (AvgIpc) is 3.06. The number of hydrogen-bond acceptors (Lipinski definition) is 5. The summed E-state index contributed by atoms with van der Waals surface area (Å²) in [5.41, 5.74) is 2.94. The van der Waals surface area contributed by atoms with E-state index in [0.29, 0.717) is 22.7 Å². The maximum Gasteiger partial charge on any atom is 0.282 e. The van der Waals surface area contributed by atoms with Gasteiger partial charge in [-0.3, -0.25) is 9.59 Å². The van der Waals surface area contributed by atoms with Crippen molar-refractivity contribution in [3.8, 4) is 11.5 Å². The number of hydrogen-bond donors (Lipinski definition) is 1. The topological polar surface area (TPSA) is 67.9 Å². The van der Waals surface area contributed by atoms with Crippen LogP contribution in [0.25, 0.3) is 5.57 Å². The minimum absolute atomic E-state index is 0.00621. The van der Waals surface area contributed by atoms with Crippen LogP contribution in [0.3, 0.4) is 0 Å². The zero-order chi connectivity index (χ0) is 24.6. The zero-order valence-electron chi connectivity index (χ0n) is 19.0. The number of imide groups is 1. The van der Waals surface area contributed by atoms with Crippen LogP contribution in [0.4, 0.5) is 20.2 Å². The van der Waals surface area contributed by atoms with E-state index in [2.05, 4.69) is 5.32 Å². The van der Waals surface area contributed by atoms with Crippen LogP contribution in [0.5, 0.6) is 11.5 Å². The van der Waals surface area contributed by atoms with Gasteiger partial charge >= 0.3 is 0 Å². The third kappa shape index (κ3) is 4.10. The monoisotopic (exact) mass is 464 g/mol. The number of ether oxygens (including phenoxy) is 2. The molecule has 8 heteroatoms. The molecule has 34 heavy (non-hydrogen) atoms. The van der Waals surface area contributed by atoms with E-state index in [1.165, 1.54) is 20.3 Å². The van der Waals surface area contributed by atoms with Gasteiger partial charge in [0.2, 0.25) is 0 Å². The summed E-state index contributed by atoms with van der Waals surface area (Å²) >= 11 is 0. The van der Waals surface area contributed by atoms with Crippen LogP contribution in [-0.2, 0) is 9.59 Å². The van der Waals surface area contributed by atoms with E-state index in [9.17, 15) is 18.4 Å². The van der Waals surface area contributed by atoms with Crippen LogP contribution < -0.4 is 19.7 Å². The lowest BCUT2D eigenvalue weighted by Gasteiger charge is -2.16. The average molecular weight is 464 g/mol. The van der Waals surface area contributed by atoms with Crippen LogP contribution in [0, 0.1) is 25.5 Å². The number of aryl methyl sites for hydroxylation is 2. The van der Waals surface area contributed by atoms with Crippen molar-refractivity contribution in [3.63, 3.8) is 0 Å². The van der Waals surface area contributed by atoms with Gasteiger partial charge < -0.3 is 14.8 Å². The predicted octanol–water partition coefficient (Wildman–Crippen LogP) is 5.00. The number of carbonyl (C=O) groups excluding carboxylic acids is 2. The van der Waals surface area contributed by atoms with Crippen molar-refractivity contribution in [2.45, 2.75) is 13.8 Å². The van der Waals surface area contributed by atoms with Gasteiger partial charge in [0, 0.05) is 30.0 Å². The Bertz CT molecular complexity index is 1330. The van der Waals surface area contributed by atoms with E-state index in [0.717, 1.165) is 28.2 Å². The Kier molecular flexibility index (Phi) is 6.06. The number of methoxy groups -OCH3 is 2. The highest BCUT2D eigenvalue weighted by molar-refractivity contribution is 6.46. The molecule has 3 aromatic rings. The standard InChI is InChI=1S/C26H22F2N2O4/c1-14-5-6-16(9-15(14)2)23-24(29-17-10-19(33-3)13-20(11-17)34-4)26(32)30(25(23)31)18-7-8-21(27)22(28)12-18/h5-13,29H,1-4H3. The molecule has 1 aliphatic rings. The Morgan fingerprint density at radius 1 is 0.765 bits per heavy atom. The minimum Gasteiger partial charge on any atom is -0.497 e. The number of carbonyl (C=O) groups is 2. The molecule has 3 aromatic carbocycles. The summed E-state index contributed by atoms with van der Waals surface area (Å²) in [4.78, 5) is 27.8. The van der Waals surface area contributed by atoms with Crippen molar-refractivity contribution in [1.29, 1.82) is 0 Å². The molecule has 1 heterocycles. The molecule has 0 bridgehead atoms. The maximum atomic E-state index is 13.9. The number of halogens is 2. The second-order valence-corrected chi connectivity index (χ2v) is 7.82. The predicted molar refractivity (Wildman–Crippen MR) is 125 cm³/mol. The molecule has 6 nitrogen and oxygen atoms in total. The molecule has 0 saturated carbocycles. The third-order valence-electron chi connectivity index (χ3n) is 5.66. The summed E-state index contributed by atoms with van der Waals surface area (Å²) in [6.07, 6.45) is 0. The summed E-state index contributed by atoms with van der Waals surface area (Å²) in [5.74, 6) is -2.65. The first-order chi connectivity index (χ1) is 16.2. The Morgan fingerprint density at radius 3 is 2.03 bits per heavy atom. The van der Waals surface area contributed by atoms with Gasteiger partial charge in [0.1, 0.15) is 17.2 Å². The molecular formula is C26H22F2N2O4. The smallest absolute Gasteiger partial charge is 0.282 e. The number of nitrogens with zero attached hydrogens (tertiary/aromatic N) is 1. The molecule has 2 amide bonds. The van der Waals surface area contributed by atoms with Gasteiger partial charge in [0.25, 0.3) is 11.8 Å². The van der Waals surface area contributed by atoms with Crippen LogP contribution in [0.15, 0.2) is 60.3 Å². The molecule has 0 spiro atoms. The van der Waals surface area contributed by atoms with Crippen LogP contribution >= 0.6 is 0 Å². The quantitative estimate of drug-likeness (QED) is 0.521. The molecule has 0 unspecified atom stereocenters. The molecule has 174 valence electrons. The van der Waals surface area contributed by atoms with Crippen molar-refractivity contribution in [1.82, 2.24) is 0 Å².